The number of carboxylic acid groups (broad SMARTS) is 1. The topological polar surface area (TPSA) is 63.3 Å². The zero-order valence-corrected chi connectivity index (χ0v) is 7.79. The third-order valence-corrected chi connectivity index (χ3v) is 3.28. The minimum Gasteiger partial charge on any atom is -0.481 e. The number of hydrogen-bond acceptors (Lipinski definition) is 2. The van der Waals surface area contributed by atoms with Crippen molar-refractivity contribution >= 4 is 5.97 Å². The highest BCUT2D eigenvalue weighted by Crippen LogP contribution is 2.45. The number of halogens is 1. The highest BCUT2D eigenvalue weighted by molar-refractivity contribution is 5.76. The summed E-state index contributed by atoms with van der Waals surface area (Å²) in [6, 6.07) is 0. The van der Waals surface area contributed by atoms with Crippen molar-refractivity contribution in [2.45, 2.75) is 32.4 Å². The SMILES string of the molecule is CC(F)C(CN)(C(=O)O)C1CCC1. The second-order valence-electron chi connectivity index (χ2n) is 3.79. The average molecular weight is 189 g/mol. The lowest BCUT2D eigenvalue weighted by atomic mass is 9.63. The van der Waals surface area contributed by atoms with Crippen LogP contribution in [0.2, 0.25) is 0 Å². The number of carboxylic acids is 1. The number of aliphatic carboxylic acids is 1. The van der Waals surface area contributed by atoms with Crippen molar-refractivity contribution < 1.29 is 14.3 Å². The Morgan fingerprint density at radius 3 is 2.38 bits per heavy atom. The molecule has 76 valence electrons. The van der Waals surface area contributed by atoms with Crippen LogP contribution in [0, 0.1) is 11.3 Å². The summed E-state index contributed by atoms with van der Waals surface area (Å²) < 4.78 is 13.3. The maximum atomic E-state index is 13.3. The minimum absolute atomic E-state index is 0.0741. The molecule has 1 saturated carbocycles. The summed E-state index contributed by atoms with van der Waals surface area (Å²) in [5.74, 6) is -1.16. The molecule has 1 aliphatic carbocycles. The molecule has 1 aliphatic rings. The maximum absolute atomic E-state index is 13.3. The van der Waals surface area contributed by atoms with Crippen LogP contribution < -0.4 is 5.73 Å². The van der Waals surface area contributed by atoms with Crippen molar-refractivity contribution in [3.05, 3.63) is 0 Å². The van der Waals surface area contributed by atoms with E-state index in [9.17, 15) is 9.18 Å². The molecule has 0 bridgehead atoms. The van der Waals surface area contributed by atoms with Gasteiger partial charge in [0, 0.05) is 6.54 Å². The Balaban J connectivity index is 2.87. The molecule has 0 heterocycles. The van der Waals surface area contributed by atoms with Crippen LogP contribution >= 0.6 is 0 Å². The van der Waals surface area contributed by atoms with E-state index in [2.05, 4.69) is 0 Å². The molecule has 3 N–H and O–H groups in total. The molecular weight excluding hydrogens is 173 g/mol. The molecule has 0 aromatic rings. The van der Waals surface area contributed by atoms with E-state index >= 15 is 0 Å². The van der Waals surface area contributed by atoms with E-state index in [1.807, 2.05) is 0 Å². The molecule has 0 aromatic carbocycles. The second-order valence-corrected chi connectivity index (χ2v) is 3.79. The van der Waals surface area contributed by atoms with Crippen molar-refractivity contribution in [3.63, 3.8) is 0 Å². The molecular formula is C9H16FNO2. The van der Waals surface area contributed by atoms with Crippen LogP contribution in [-0.4, -0.2) is 23.8 Å². The van der Waals surface area contributed by atoms with E-state index in [1.165, 1.54) is 6.92 Å². The first-order valence-corrected chi connectivity index (χ1v) is 4.63. The molecule has 2 unspecified atom stereocenters. The van der Waals surface area contributed by atoms with Gasteiger partial charge in [0.05, 0.1) is 0 Å². The molecule has 0 aromatic heterocycles. The lowest BCUT2D eigenvalue weighted by molar-refractivity contribution is -0.159. The molecule has 0 amide bonds. The third kappa shape index (κ3) is 1.43. The van der Waals surface area contributed by atoms with E-state index in [1.54, 1.807) is 0 Å². The number of carbonyl (C=O) groups is 1. The molecule has 0 saturated heterocycles. The predicted molar refractivity (Wildman–Crippen MR) is 47.0 cm³/mol. The standard InChI is InChI=1S/C9H16FNO2/c1-6(10)9(5-11,8(12)13)7-3-2-4-7/h6-7H,2-5,11H2,1H3,(H,12,13). The largest absolute Gasteiger partial charge is 0.481 e. The van der Waals surface area contributed by atoms with E-state index in [4.69, 9.17) is 10.8 Å². The van der Waals surface area contributed by atoms with Gasteiger partial charge >= 0.3 is 5.97 Å². The van der Waals surface area contributed by atoms with Crippen molar-refractivity contribution in [2.24, 2.45) is 17.1 Å². The Morgan fingerprint density at radius 1 is 1.77 bits per heavy atom. The fourth-order valence-electron chi connectivity index (χ4n) is 2.01. The summed E-state index contributed by atoms with van der Waals surface area (Å²) in [7, 11) is 0. The normalized spacial score (nSPS) is 24.5. The van der Waals surface area contributed by atoms with Crippen LogP contribution in [0.25, 0.3) is 0 Å². The van der Waals surface area contributed by atoms with Crippen LogP contribution in [0.5, 0.6) is 0 Å². The summed E-state index contributed by atoms with van der Waals surface area (Å²) in [4.78, 5) is 11.0. The van der Waals surface area contributed by atoms with E-state index in [0.29, 0.717) is 0 Å². The average Bonchev–Trinajstić information content (AvgIpc) is 1.94. The second kappa shape index (κ2) is 3.62. The molecule has 1 rings (SSSR count). The first-order chi connectivity index (χ1) is 6.05. The summed E-state index contributed by atoms with van der Waals surface area (Å²) in [5, 5.41) is 9.01. The fraction of sp³-hybridized carbons (Fsp3) is 0.889. The van der Waals surface area contributed by atoms with Crippen molar-refractivity contribution in [1.82, 2.24) is 0 Å². The Kier molecular flexibility index (Phi) is 2.91. The van der Waals surface area contributed by atoms with Gasteiger partial charge in [0.1, 0.15) is 11.6 Å². The van der Waals surface area contributed by atoms with E-state index in [0.717, 1.165) is 19.3 Å². The number of nitrogens with two attached hydrogens (primary N) is 1. The summed E-state index contributed by atoms with van der Waals surface area (Å²) in [5.41, 5.74) is 4.06. The lowest BCUT2D eigenvalue weighted by Crippen LogP contribution is -2.53. The zero-order valence-electron chi connectivity index (χ0n) is 7.79. The van der Waals surface area contributed by atoms with Gasteiger partial charge in [-0.15, -0.1) is 0 Å². The molecule has 1 fully saturated rings. The van der Waals surface area contributed by atoms with Crippen molar-refractivity contribution in [3.8, 4) is 0 Å². The maximum Gasteiger partial charge on any atom is 0.314 e. The molecule has 0 aliphatic heterocycles. The van der Waals surface area contributed by atoms with Crippen LogP contribution in [-0.2, 0) is 4.79 Å². The smallest absolute Gasteiger partial charge is 0.314 e. The van der Waals surface area contributed by atoms with Crippen LogP contribution in [0.4, 0.5) is 4.39 Å². The monoisotopic (exact) mass is 189 g/mol. The molecule has 3 nitrogen and oxygen atoms in total. The van der Waals surface area contributed by atoms with E-state index < -0.39 is 17.6 Å². The van der Waals surface area contributed by atoms with Crippen LogP contribution in [0.15, 0.2) is 0 Å². The molecule has 2 atom stereocenters. The highest BCUT2D eigenvalue weighted by atomic mass is 19.1. The first kappa shape index (κ1) is 10.4. The van der Waals surface area contributed by atoms with Gasteiger partial charge in [-0.2, -0.15) is 0 Å². The van der Waals surface area contributed by atoms with Crippen molar-refractivity contribution in [2.75, 3.05) is 6.54 Å². The van der Waals surface area contributed by atoms with Gasteiger partial charge in [0.15, 0.2) is 0 Å². The fourth-order valence-corrected chi connectivity index (χ4v) is 2.01. The van der Waals surface area contributed by atoms with Gasteiger partial charge in [-0.05, 0) is 25.7 Å². The molecule has 13 heavy (non-hydrogen) atoms. The number of rotatable bonds is 4. The van der Waals surface area contributed by atoms with Crippen LogP contribution in [0.1, 0.15) is 26.2 Å². The van der Waals surface area contributed by atoms with Gasteiger partial charge in [0.25, 0.3) is 0 Å². The Bertz CT molecular complexity index is 204. The number of hydrogen-bond donors (Lipinski definition) is 2. The molecule has 4 heteroatoms. The molecule has 0 radical (unpaired) electrons. The summed E-state index contributed by atoms with van der Waals surface area (Å²) in [6.45, 7) is 1.18. The van der Waals surface area contributed by atoms with Gasteiger partial charge in [0.2, 0.25) is 0 Å². The minimum atomic E-state index is -1.37. The third-order valence-electron chi connectivity index (χ3n) is 3.28. The van der Waals surface area contributed by atoms with Crippen molar-refractivity contribution in [1.29, 1.82) is 0 Å². The predicted octanol–water partition coefficient (Wildman–Crippen LogP) is 1.17. The molecule has 0 spiro atoms. The number of alkyl halides is 1. The summed E-state index contributed by atoms with van der Waals surface area (Å²) >= 11 is 0. The Morgan fingerprint density at radius 2 is 2.31 bits per heavy atom. The Hall–Kier alpha value is -0.640. The first-order valence-electron chi connectivity index (χ1n) is 4.63. The van der Waals surface area contributed by atoms with Gasteiger partial charge in [-0.3, -0.25) is 4.79 Å². The zero-order chi connectivity index (χ0) is 10.1. The quantitative estimate of drug-likeness (QED) is 0.697. The lowest BCUT2D eigenvalue weighted by Gasteiger charge is -2.42. The van der Waals surface area contributed by atoms with E-state index in [-0.39, 0.29) is 12.5 Å². The highest BCUT2D eigenvalue weighted by Gasteiger charge is 2.51. The van der Waals surface area contributed by atoms with Crippen LogP contribution in [0.3, 0.4) is 0 Å². The van der Waals surface area contributed by atoms with Gasteiger partial charge in [-0.1, -0.05) is 6.42 Å². The summed E-state index contributed by atoms with van der Waals surface area (Å²) in [6.07, 6.45) is 1.20. The van der Waals surface area contributed by atoms with Gasteiger partial charge < -0.3 is 10.8 Å². The Labute approximate surface area is 77.1 Å². The van der Waals surface area contributed by atoms with Gasteiger partial charge in [-0.25, -0.2) is 4.39 Å².